The van der Waals surface area contributed by atoms with Crippen LogP contribution in [0.2, 0.25) is 0 Å². The molecular formula is C31H31N8O5S2+. The number of oxime groups is 1. The summed E-state index contributed by atoms with van der Waals surface area (Å²) in [6.07, 6.45) is 4.97. The van der Waals surface area contributed by atoms with Crippen LogP contribution in [0.3, 0.4) is 0 Å². The molecule has 0 saturated carbocycles. The second kappa shape index (κ2) is 13.5. The standard InChI is InChI=1S/C31H30N8O5S2/c1-3-43-35-22(26-34-31(32)46-36-26)27(40)33-23-28(41)39-24(21(17-45-29(23)39)16-38-15-14-37(2)18-38)30(42)44-25(19-10-6-4-7-11-19)20-12-8-5-9-13-20/h4-15,18,23,25,29H,3,16-17H2,1-2H3,(H2-,32,33,34,36,40)/p+1/t23?,29-/m1/s1. The molecule has 0 spiro atoms. The number of imidazole rings is 1. The molecule has 2 amide bonds. The number of ether oxygens (including phenoxy) is 1. The maximum absolute atomic E-state index is 14.2. The van der Waals surface area contributed by atoms with E-state index in [4.69, 9.17) is 15.3 Å². The number of amides is 2. The lowest BCUT2D eigenvalue weighted by atomic mass is 10.0. The topological polar surface area (TPSA) is 158 Å². The van der Waals surface area contributed by atoms with Gasteiger partial charge in [-0.1, -0.05) is 65.8 Å². The van der Waals surface area contributed by atoms with Gasteiger partial charge in [0, 0.05) is 22.9 Å². The molecular weight excluding hydrogens is 629 g/mol. The molecule has 0 bridgehead atoms. The Labute approximate surface area is 272 Å². The average molecular weight is 660 g/mol. The lowest BCUT2D eigenvalue weighted by Gasteiger charge is -2.49. The maximum Gasteiger partial charge on any atom is 0.356 e. The van der Waals surface area contributed by atoms with Crippen molar-refractivity contribution < 1.29 is 28.5 Å². The summed E-state index contributed by atoms with van der Waals surface area (Å²) in [5, 5.41) is 6.21. The molecule has 2 aliphatic heterocycles. The van der Waals surface area contributed by atoms with E-state index in [0.29, 0.717) is 12.3 Å². The molecule has 2 atom stereocenters. The minimum absolute atomic E-state index is 0.00687. The predicted octanol–water partition coefficient (Wildman–Crippen LogP) is 2.17. The van der Waals surface area contributed by atoms with Crippen molar-refractivity contribution in [2.24, 2.45) is 12.2 Å². The van der Waals surface area contributed by atoms with Crippen LogP contribution in [0.25, 0.3) is 0 Å². The van der Waals surface area contributed by atoms with Gasteiger partial charge in [-0.2, -0.15) is 9.36 Å². The Bertz CT molecular complexity index is 1770. The Morgan fingerprint density at radius 1 is 1.15 bits per heavy atom. The van der Waals surface area contributed by atoms with E-state index in [-0.39, 0.29) is 29.0 Å². The van der Waals surface area contributed by atoms with Crippen molar-refractivity contribution in [1.82, 2.24) is 24.1 Å². The van der Waals surface area contributed by atoms with Gasteiger partial charge in [0.15, 0.2) is 11.2 Å². The Kier molecular flexibility index (Phi) is 9.12. The van der Waals surface area contributed by atoms with Gasteiger partial charge in [-0.25, -0.2) is 13.9 Å². The van der Waals surface area contributed by atoms with E-state index in [1.165, 1.54) is 16.7 Å². The lowest BCUT2D eigenvalue weighted by Crippen LogP contribution is -2.71. The fraction of sp³-hybridized carbons (Fsp3) is 0.258. The zero-order chi connectivity index (χ0) is 32.2. The second-order valence-corrected chi connectivity index (χ2v) is 12.4. The van der Waals surface area contributed by atoms with Gasteiger partial charge < -0.3 is 20.6 Å². The third-order valence-electron chi connectivity index (χ3n) is 7.31. The number of thioether (sulfide) groups is 1. The van der Waals surface area contributed by atoms with Crippen molar-refractivity contribution in [1.29, 1.82) is 0 Å². The van der Waals surface area contributed by atoms with E-state index in [0.717, 1.165) is 28.2 Å². The van der Waals surface area contributed by atoms with Crippen LogP contribution in [0.5, 0.6) is 0 Å². The summed E-state index contributed by atoms with van der Waals surface area (Å²) in [5.41, 5.74) is 7.99. The minimum atomic E-state index is -0.937. The van der Waals surface area contributed by atoms with E-state index in [1.54, 1.807) is 6.92 Å². The summed E-state index contributed by atoms with van der Waals surface area (Å²) < 4.78 is 14.1. The smallest absolute Gasteiger partial charge is 0.356 e. The third kappa shape index (κ3) is 6.37. The van der Waals surface area contributed by atoms with Crippen LogP contribution in [0, 0.1) is 0 Å². The summed E-state index contributed by atoms with van der Waals surface area (Å²) in [4.78, 5) is 51.9. The number of nitrogens with two attached hydrogens (primary N) is 1. The Morgan fingerprint density at radius 3 is 2.43 bits per heavy atom. The number of rotatable bonds is 11. The van der Waals surface area contributed by atoms with Crippen LogP contribution < -0.4 is 15.6 Å². The van der Waals surface area contributed by atoms with Gasteiger partial charge in [0.1, 0.15) is 42.7 Å². The molecule has 13 nitrogen and oxygen atoms in total. The molecule has 1 fully saturated rings. The number of anilines is 1. The molecule has 0 radical (unpaired) electrons. The first-order chi connectivity index (χ1) is 22.3. The molecule has 236 valence electrons. The normalized spacial score (nSPS) is 17.8. The van der Waals surface area contributed by atoms with Crippen LogP contribution >= 0.6 is 23.3 Å². The summed E-state index contributed by atoms with van der Waals surface area (Å²) in [6, 6.07) is 18.0. The molecule has 0 aliphatic carbocycles. The fourth-order valence-electron chi connectivity index (χ4n) is 5.21. The molecule has 2 aromatic carbocycles. The van der Waals surface area contributed by atoms with E-state index in [9.17, 15) is 14.4 Å². The quantitative estimate of drug-likeness (QED) is 0.0810. The number of aryl methyl sites for hydroxylation is 1. The fourth-order valence-corrected chi connectivity index (χ4v) is 6.98. The number of aromatic nitrogens is 4. The number of nitrogens with zero attached hydrogens (tertiary/aromatic N) is 6. The number of hydrogen-bond donors (Lipinski definition) is 2. The number of hydrogen-bond acceptors (Lipinski definition) is 11. The lowest BCUT2D eigenvalue weighted by molar-refractivity contribution is -0.671. The maximum atomic E-state index is 14.2. The van der Waals surface area contributed by atoms with Crippen molar-refractivity contribution >= 4 is 51.9 Å². The van der Waals surface area contributed by atoms with Gasteiger partial charge in [0.25, 0.3) is 11.8 Å². The van der Waals surface area contributed by atoms with E-state index >= 15 is 0 Å². The first-order valence-electron chi connectivity index (χ1n) is 14.4. The Morgan fingerprint density at radius 2 is 1.85 bits per heavy atom. The van der Waals surface area contributed by atoms with Crippen LogP contribution in [-0.4, -0.2) is 66.1 Å². The molecule has 4 aromatic rings. The largest absolute Gasteiger partial charge is 0.448 e. The molecule has 1 unspecified atom stereocenters. The van der Waals surface area contributed by atoms with Crippen molar-refractivity contribution in [3.8, 4) is 0 Å². The summed E-state index contributed by atoms with van der Waals surface area (Å²) >= 11 is 2.36. The number of esters is 1. The molecule has 1 saturated heterocycles. The van der Waals surface area contributed by atoms with Crippen LogP contribution in [0.1, 0.15) is 30.0 Å². The third-order valence-corrected chi connectivity index (χ3v) is 9.19. The number of carbonyl (C=O) groups excluding carboxylic acids is 3. The van der Waals surface area contributed by atoms with Gasteiger partial charge in [-0.05, 0) is 18.1 Å². The first-order valence-corrected chi connectivity index (χ1v) is 16.2. The van der Waals surface area contributed by atoms with Crippen molar-refractivity contribution in [2.75, 3.05) is 18.1 Å². The molecule has 2 aliphatic rings. The summed E-state index contributed by atoms with van der Waals surface area (Å²) in [7, 11) is 1.90. The van der Waals surface area contributed by atoms with Crippen LogP contribution in [-0.2, 0) is 37.6 Å². The highest BCUT2D eigenvalue weighted by Crippen LogP contribution is 2.42. The van der Waals surface area contributed by atoms with Gasteiger partial charge in [-0.3, -0.25) is 14.5 Å². The molecule has 46 heavy (non-hydrogen) atoms. The minimum Gasteiger partial charge on any atom is -0.448 e. The van der Waals surface area contributed by atoms with Gasteiger partial charge in [0.2, 0.25) is 17.9 Å². The molecule has 6 rings (SSSR count). The van der Waals surface area contributed by atoms with Crippen molar-refractivity contribution in [3.05, 3.63) is 108 Å². The highest BCUT2D eigenvalue weighted by molar-refractivity contribution is 8.00. The SMILES string of the molecule is CCON=C(C(=O)NC1C(=O)N2C(C(=O)OC(c3ccccc3)c3ccccc3)=C(Cn3cc[n+](C)c3)CS[C@H]12)c1nsc(N)n1. The van der Waals surface area contributed by atoms with Crippen LogP contribution in [0.4, 0.5) is 5.13 Å². The molecule has 3 N–H and O–H groups in total. The molecule has 15 heteroatoms. The second-order valence-electron chi connectivity index (χ2n) is 10.5. The number of fused-ring (bicyclic) bond motifs is 1. The number of nitrogen functional groups attached to an aromatic ring is 1. The van der Waals surface area contributed by atoms with Crippen LogP contribution in [0.15, 0.2) is 95.8 Å². The monoisotopic (exact) mass is 659 g/mol. The van der Waals surface area contributed by atoms with Crippen molar-refractivity contribution in [2.45, 2.75) is 31.0 Å². The van der Waals surface area contributed by atoms with Gasteiger partial charge in [0.05, 0.1) is 7.05 Å². The summed E-state index contributed by atoms with van der Waals surface area (Å²) in [5.74, 6) is -1.36. The van der Waals surface area contributed by atoms with E-state index < -0.39 is 35.3 Å². The number of carbonyl (C=O) groups is 3. The molecule has 4 heterocycles. The van der Waals surface area contributed by atoms with Crippen molar-refractivity contribution in [3.63, 3.8) is 0 Å². The zero-order valence-electron chi connectivity index (χ0n) is 25.0. The predicted molar refractivity (Wildman–Crippen MR) is 171 cm³/mol. The highest BCUT2D eigenvalue weighted by atomic mass is 32.2. The Balaban J connectivity index is 1.30. The molecule has 2 aromatic heterocycles. The number of nitrogens with one attached hydrogen (secondary N) is 1. The van der Waals surface area contributed by atoms with Gasteiger partial charge in [-0.15, -0.1) is 11.8 Å². The zero-order valence-corrected chi connectivity index (χ0v) is 26.6. The van der Waals surface area contributed by atoms with E-state index in [2.05, 4.69) is 19.8 Å². The summed E-state index contributed by atoms with van der Waals surface area (Å²) in [6.45, 7) is 2.29. The van der Waals surface area contributed by atoms with Gasteiger partial charge >= 0.3 is 5.97 Å². The average Bonchev–Trinajstić information content (AvgIpc) is 3.70. The first kappa shape index (κ1) is 31.0. The number of benzene rings is 2. The number of β-lactam (4-membered cyclic amide) rings is 1. The van der Waals surface area contributed by atoms with E-state index in [1.807, 2.05) is 95.6 Å². The highest BCUT2D eigenvalue weighted by Gasteiger charge is 2.55. The Hall–Kier alpha value is -5.02.